The molecule has 0 amide bonds. The van der Waals surface area contributed by atoms with Crippen LogP contribution in [-0.2, 0) is 4.74 Å². The van der Waals surface area contributed by atoms with Crippen LogP contribution in [0.4, 0.5) is 0 Å². The number of halogens is 1. The number of likely N-dealkylation sites (N-methyl/N-ethyl adjacent to an activating group) is 1. The zero-order chi connectivity index (χ0) is 13.5. The number of nitrogens with zero attached hydrogens (tertiary/aromatic N) is 1. The normalized spacial score (nSPS) is 20.4. The average Bonchev–Trinajstić information content (AvgIpc) is 2.42. The minimum Gasteiger partial charge on any atom is -0.492 e. The first-order valence-electron chi connectivity index (χ1n) is 6.65. The molecule has 0 spiro atoms. The topological polar surface area (TPSA) is 33.7 Å². The number of benzene rings is 1. The van der Waals surface area contributed by atoms with E-state index in [0.29, 0.717) is 6.61 Å². The smallest absolute Gasteiger partial charge is 0.119 e. The van der Waals surface area contributed by atoms with Crippen LogP contribution >= 0.6 is 11.6 Å². The molecule has 5 heteroatoms. The van der Waals surface area contributed by atoms with E-state index in [1.807, 2.05) is 31.3 Å². The summed E-state index contributed by atoms with van der Waals surface area (Å²) in [6, 6.07) is 7.47. The summed E-state index contributed by atoms with van der Waals surface area (Å²) in [7, 11) is 1.95. The molecule has 19 heavy (non-hydrogen) atoms. The lowest BCUT2D eigenvalue weighted by Gasteiger charge is -2.32. The molecule has 1 N–H and O–H groups in total. The molecule has 1 aliphatic heterocycles. The monoisotopic (exact) mass is 284 g/mol. The third kappa shape index (κ3) is 4.99. The second kappa shape index (κ2) is 7.70. The maximum atomic E-state index is 5.83. The summed E-state index contributed by atoms with van der Waals surface area (Å²) in [5, 5.41) is 3.88. The molecule has 106 valence electrons. The highest BCUT2D eigenvalue weighted by Gasteiger charge is 2.19. The van der Waals surface area contributed by atoms with Crippen molar-refractivity contribution in [2.24, 2.45) is 0 Å². The maximum absolute atomic E-state index is 5.83. The fraction of sp³-hybridized carbons (Fsp3) is 0.571. The van der Waals surface area contributed by atoms with Crippen LogP contribution in [0.15, 0.2) is 24.3 Å². The fourth-order valence-electron chi connectivity index (χ4n) is 2.16. The Hall–Kier alpha value is -0.810. The van der Waals surface area contributed by atoms with Gasteiger partial charge in [-0.05, 0) is 31.3 Å². The van der Waals surface area contributed by atoms with E-state index in [0.717, 1.165) is 43.6 Å². The van der Waals surface area contributed by atoms with Crippen LogP contribution in [0.25, 0.3) is 0 Å². The van der Waals surface area contributed by atoms with Gasteiger partial charge in [-0.1, -0.05) is 11.6 Å². The van der Waals surface area contributed by atoms with Gasteiger partial charge in [-0.25, -0.2) is 0 Å². The molecule has 1 atom stereocenters. The predicted octanol–water partition coefficient (Wildman–Crippen LogP) is 1.64. The Kier molecular flexibility index (Phi) is 5.92. The van der Waals surface area contributed by atoms with E-state index in [1.54, 1.807) is 0 Å². The van der Waals surface area contributed by atoms with Gasteiger partial charge >= 0.3 is 0 Å². The van der Waals surface area contributed by atoms with Gasteiger partial charge in [0.2, 0.25) is 0 Å². The van der Waals surface area contributed by atoms with E-state index in [-0.39, 0.29) is 6.10 Å². The van der Waals surface area contributed by atoms with Crippen LogP contribution in [0.2, 0.25) is 5.02 Å². The highest BCUT2D eigenvalue weighted by molar-refractivity contribution is 6.30. The summed E-state index contributed by atoms with van der Waals surface area (Å²) in [5.41, 5.74) is 0. The average molecular weight is 285 g/mol. The number of nitrogens with one attached hydrogen (secondary N) is 1. The first kappa shape index (κ1) is 14.6. The molecule has 1 aromatic carbocycles. The second-order valence-corrected chi connectivity index (χ2v) is 5.09. The van der Waals surface area contributed by atoms with E-state index < -0.39 is 0 Å². The van der Waals surface area contributed by atoms with Crippen molar-refractivity contribution in [3.8, 4) is 5.75 Å². The van der Waals surface area contributed by atoms with Gasteiger partial charge in [0.1, 0.15) is 12.4 Å². The summed E-state index contributed by atoms with van der Waals surface area (Å²) >= 11 is 5.83. The third-order valence-electron chi connectivity index (χ3n) is 3.14. The number of ether oxygens (including phenoxy) is 2. The lowest BCUT2D eigenvalue weighted by Crippen LogP contribution is -2.47. The molecule has 0 radical (unpaired) electrons. The highest BCUT2D eigenvalue weighted by Crippen LogP contribution is 2.15. The van der Waals surface area contributed by atoms with E-state index in [9.17, 15) is 0 Å². The first-order chi connectivity index (χ1) is 9.28. The van der Waals surface area contributed by atoms with Gasteiger partial charge < -0.3 is 14.8 Å². The molecule has 1 fully saturated rings. The molecular formula is C14H21ClN2O2. The van der Waals surface area contributed by atoms with E-state index >= 15 is 0 Å². The van der Waals surface area contributed by atoms with Crippen molar-refractivity contribution in [1.29, 1.82) is 0 Å². The molecule has 1 aromatic rings. The standard InChI is InChI=1S/C14H21ClN2O2/c1-16-10-14-11-17(7-9-19-14)6-8-18-13-4-2-12(15)3-5-13/h2-5,14,16H,6-11H2,1H3. The maximum Gasteiger partial charge on any atom is 0.119 e. The van der Waals surface area contributed by atoms with Crippen molar-refractivity contribution in [2.45, 2.75) is 6.10 Å². The number of rotatable bonds is 6. The molecule has 1 saturated heterocycles. The molecule has 1 heterocycles. The van der Waals surface area contributed by atoms with Crippen LogP contribution in [0.5, 0.6) is 5.75 Å². The van der Waals surface area contributed by atoms with Crippen LogP contribution in [0.3, 0.4) is 0 Å². The summed E-state index contributed by atoms with van der Waals surface area (Å²) in [4.78, 5) is 2.38. The molecule has 0 saturated carbocycles. The van der Waals surface area contributed by atoms with Crippen molar-refractivity contribution in [3.05, 3.63) is 29.3 Å². The summed E-state index contributed by atoms with van der Waals surface area (Å²) in [5.74, 6) is 0.865. The van der Waals surface area contributed by atoms with E-state index in [1.165, 1.54) is 0 Å². The molecule has 1 unspecified atom stereocenters. The van der Waals surface area contributed by atoms with Gasteiger partial charge in [0.05, 0.1) is 12.7 Å². The Morgan fingerprint density at radius 3 is 2.95 bits per heavy atom. The van der Waals surface area contributed by atoms with Crippen molar-refractivity contribution in [2.75, 3.05) is 46.4 Å². The minimum atomic E-state index is 0.286. The zero-order valence-corrected chi connectivity index (χ0v) is 12.0. The number of hydrogen-bond acceptors (Lipinski definition) is 4. The molecule has 0 aromatic heterocycles. The summed E-state index contributed by atoms with van der Waals surface area (Å²) in [6.07, 6.45) is 0.286. The molecule has 0 aliphatic carbocycles. The third-order valence-corrected chi connectivity index (χ3v) is 3.40. The van der Waals surface area contributed by atoms with Crippen molar-refractivity contribution in [3.63, 3.8) is 0 Å². The molecule has 1 aliphatic rings. The molecule has 4 nitrogen and oxygen atoms in total. The molecule has 0 bridgehead atoms. The quantitative estimate of drug-likeness (QED) is 0.861. The Morgan fingerprint density at radius 1 is 1.42 bits per heavy atom. The largest absolute Gasteiger partial charge is 0.492 e. The van der Waals surface area contributed by atoms with Crippen LogP contribution in [-0.4, -0.2) is 57.4 Å². The van der Waals surface area contributed by atoms with Crippen LogP contribution in [0.1, 0.15) is 0 Å². The molecule has 2 rings (SSSR count). The zero-order valence-electron chi connectivity index (χ0n) is 11.3. The Labute approximate surface area is 119 Å². The Morgan fingerprint density at radius 2 is 2.21 bits per heavy atom. The summed E-state index contributed by atoms with van der Waals surface area (Å²) in [6.45, 7) is 5.25. The minimum absolute atomic E-state index is 0.286. The van der Waals surface area contributed by atoms with Gasteiger partial charge in [0, 0.05) is 31.2 Å². The van der Waals surface area contributed by atoms with E-state index in [2.05, 4.69) is 10.2 Å². The van der Waals surface area contributed by atoms with Crippen molar-refractivity contribution >= 4 is 11.6 Å². The highest BCUT2D eigenvalue weighted by atomic mass is 35.5. The van der Waals surface area contributed by atoms with E-state index in [4.69, 9.17) is 21.1 Å². The van der Waals surface area contributed by atoms with Gasteiger partial charge in [0.15, 0.2) is 0 Å². The van der Waals surface area contributed by atoms with Crippen LogP contribution < -0.4 is 10.1 Å². The first-order valence-corrected chi connectivity index (χ1v) is 7.02. The van der Waals surface area contributed by atoms with Gasteiger partial charge in [-0.15, -0.1) is 0 Å². The number of morpholine rings is 1. The Balaban J connectivity index is 1.69. The van der Waals surface area contributed by atoms with Crippen LogP contribution in [0, 0.1) is 0 Å². The van der Waals surface area contributed by atoms with Crippen molar-refractivity contribution in [1.82, 2.24) is 10.2 Å². The van der Waals surface area contributed by atoms with Gasteiger partial charge in [0.25, 0.3) is 0 Å². The summed E-state index contributed by atoms with van der Waals surface area (Å²) < 4.78 is 11.4. The number of hydrogen-bond donors (Lipinski definition) is 1. The predicted molar refractivity (Wildman–Crippen MR) is 77.1 cm³/mol. The molecular weight excluding hydrogens is 264 g/mol. The lowest BCUT2D eigenvalue weighted by atomic mass is 10.2. The fourth-order valence-corrected chi connectivity index (χ4v) is 2.28. The SMILES string of the molecule is CNCC1CN(CCOc2ccc(Cl)cc2)CCO1. The van der Waals surface area contributed by atoms with Gasteiger partial charge in [-0.3, -0.25) is 4.90 Å². The Bertz CT molecular complexity index is 370. The van der Waals surface area contributed by atoms with Crippen molar-refractivity contribution < 1.29 is 9.47 Å². The lowest BCUT2D eigenvalue weighted by molar-refractivity contribution is -0.0291. The second-order valence-electron chi connectivity index (χ2n) is 4.65. The van der Waals surface area contributed by atoms with Gasteiger partial charge in [-0.2, -0.15) is 0 Å².